The van der Waals surface area contributed by atoms with Crippen LogP contribution < -0.4 is 0 Å². The number of amides is 1. The minimum absolute atomic E-state index is 0.0217. The van der Waals surface area contributed by atoms with Crippen molar-refractivity contribution in [2.75, 3.05) is 19.6 Å². The SMILES string of the molecule is CC(C)c1ccc(-c2cc3c(cc2F)[C@H](N(C(=O)O)[C@@H]2CN4CCC2CC4)C(C)(C)C3)cc1. The van der Waals surface area contributed by atoms with Gasteiger partial charge in [0, 0.05) is 12.1 Å². The van der Waals surface area contributed by atoms with E-state index < -0.39 is 6.09 Å². The maximum atomic E-state index is 15.5. The number of fused-ring (bicyclic) bond motifs is 4. The van der Waals surface area contributed by atoms with Crippen molar-refractivity contribution in [3.63, 3.8) is 0 Å². The number of nitrogens with zero attached hydrogens (tertiary/aromatic N) is 2. The van der Waals surface area contributed by atoms with E-state index in [-0.39, 0.29) is 23.3 Å². The molecular weight excluding hydrogens is 415 g/mol. The molecule has 2 bridgehead atoms. The Kier molecular flexibility index (Phi) is 5.51. The molecule has 0 radical (unpaired) electrons. The van der Waals surface area contributed by atoms with Crippen LogP contribution in [0.25, 0.3) is 11.1 Å². The lowest BCUT2D eigenvalue weighted by atomic mass is 9.79. The zero-order valence-corrected chi connectivity index (χ0v) is 20.1. The lowest BCUT2D eigenvalue weighted by Crippen LogP contribution is -2.60. The summed E-state index contributed by atoms with van der Waals surface area (Å²) < 4.78 is 15.5. The minimum Gasteiger partial charge on any atom is -0.465 e. The number of carbonyl (C=O) groups is 1. The van der Waals surface area contributed by atoms with Crippen LogP contribution in [0.1, 0.15) is 69.2 Å². The first-order valence-electron chi connectivity index (χ1n) is 12.3. The zero-order valence-electron chi connectivity index (χ0n) is 20.1. The Balaban J connectivity index is 1.53. The smallest absolute Gasteiger partial charge is 0.408 e. The third-order valence-corrected chi connectivity index (χ3v) is 8.28. The lowest BCUT2D eigenvalue weighted by molar-refractivity contribution is -0.0267. The van der Waals surface area contributed by atoms with Crippen LogP contribution in [0.15, 0.2) is 36.4 Å². The van der Waals surface area contributed by atoms with Gasteiger partial charge in [-0.1, -0.05) is 52.0 Å². The fraction of sp³-hybridized carbons (Fsp3) is 0.536. The number of halogens is 1. The van der Waals surface area contributed by atoms with Gasteiger partial charge in [-0.3, -0.25) is 4.90 Å². The van der Waals surface area contributed by atoms with E-state index in [2.05, 4.69) is 44.7 Å². The molecule has 0 saturated carbocycles. The Morgan fingerprint density at radius 3 is 2.36 bits per heavy atom. The van der Waals surface area contributed by atoms with Crippen LogP contribution in [-0.4, -0.2) is 46.7 Å². The summed E-state index contributed by atoms with van der Waals surface area (Å²) in [6, 6.07) is 11.4. The normalized spacial score (nSPS) is 27.6. The minimum atomic E-state index is -0.881. The summed E-state index contributed by atoms with van der Waals surface area (Å²) in [5, 5.41) is 10.4. The van der Waals surface area contributed by atoms with Gasteiger partial charge in [-0.25, -0.2) is 9.18 Å². The van der Waals surface area contributed by atoms with E-state index in [1.165, 1.54) is 5.56 Å². The molecule has 2 aromatic carbocycles. The Morgan fingerprint density at radius 2 is 1.82 bits per heavy atom. The average molecular weight is 451 g/mol. The standard InChI is InChI=1S/C28H35FN2O2/c1-17(2)18-5-7-19(8-6-18)22-13-21-15-28(3,4)26(23(21)14-24(22)29)31(27(32)33)25-16-30-11-9-20(25)10-12-30/h5-8,13-14,17,20,25-26H,9-12,15-16H2,1-4H3,(H,32,33)/t25-,26+/m1/s1. The molecule has 176 valence electrons. The first-order chi connectivity index (χ1) is 15.7. The van der Waals surface area contributed by atoms with Crippen molar-refractivity contribution in [2.24, 2.45) is 11.3 Å². The largest absolute Gasteiger partial charge is 0.465 e. The second-order valence-electron chi connectivity index (χ2n) is 11.3. The Hall–Kier alpha value is -2.40. The van der Waals surface area contributed by atoms with E-state index in [0.29, 0.717) is 17.4 Å². The summed E-state index contributed by atoms with van der Waals surface area (Å²) in [5.74, 6) is 0.557. The number of benzene rings is 2. The van der Waals surface area contributed by atoms with Gasteiger partial charge in [0.25, 0.3) is 0 Å². The van der Waals surface area contributed by atoms with Crippen molar-refractivity contribution in [1.82, 2.24) is 9.80 Å². The van der Waals surface area contributed by atoms with E-state index >= 15 is 4.39 Å². The number of hydrogen-bond donors (Lipinski definition) is 1. The maximum Gasteiger partial charge on any atom is 0.408 e. The molecule has 3 aliphatic heterocycles. The molecule has 6 rings (SSSR count). The second kappa shape index (κ2) is 8.12. The highest BCUT2D eigenvalue weighted by Gasteiger charge is 2.50. The van der Waals surface area contributed by atoms with Crippen molar-refractivity contribution in [3.05, 3.63) is 58.9 Å². The molecular formula is C28H35FN2O2. The molecule has 4 aliphatic rings. The first-order valence-corrected chi connectivity index (χ1v) is 12.3. The predicted octanol–water partition coefficient (Wildman–Crippen LogP) is 6.31. The van der Waals surface area contributed by atoms with Crippen molar-refractivity contribution in [2.45, 2.75) is 65.0 Å². The fourth-order valence-corrected chi connectivity index (χ4v) is 6.54. The van der Waals surface area contributed by atoms with Crippen LogP contribution >= 0.6 is 0 Å². The molecule has 4 nitrogen and oxygen atoms in total. The molecule has 3 fully saturated rings. The van der Waals surface area contributed by atoms with E-state index in [0.717, 1.165) is 55.6 Å². The van der Waals surface area contributed by atoms with Crippen molar-refractivity contribution >= 4 is 6.09 Å². The Morgan fingerprint density at radius 1 is 1.15 bits per heavy atom. The van der Waals surface area contributed by atoms with Gasteiger partial charge in [-0.15, -0.1) is 0 Å². The van der Waals surface area contributed by atoms with Crippen LogP contribution in [0.4, 0.5) is 9.18 Å². The van der Waals surface area contributed by atoms with E-state index in [1.807, 2.05) is 18.2 Å². The summed E-state index contributed by atoms with van der Waals surface area (Å²) in [5.41, 5.74) is 4.33. The summed E-state index contributed by atoms with van der Waals surface area (Å²) in [4.78, 5) is 16.7. The lowest BCUT2D eigenvalue weighted by Gasteiger charge is -2.51. The summed E-state index contributed by atoms with van der Waals surface area (Å²) >= 11 is 0. The number of carboxylic acid groups (broad SMARTS) is 1. The summed E-state index contributed by atoms with van der Waals surface area (Å²) in [7, 11) is 0. The van der Waals surface area contributed by atoms with Gasteiger partial charge in [-0.05, 0) is 84.0 Å². The van der Waals surface area contributed by atoms with Gasteiger partial charge in [0.05, 0.1) is 12.1 Å². The van der Waals surface area contributed by atoms with Crippen molar-refractivity contribution in [3.8, 4) is 11.1 Å². The van der Waals surface area contributed by atoms with Crippen molar-refractivity contribution < 1.29 is 14.3 Å². The third-order valence-electron chi connectivity index (χ3n) is 8.28. The molecule has 3 heterocycles. The van der Waals surface area contributed by atoms with E-state index in [4.69, 9.17) is 0 Å². The Labute approximate surface area is 196 Å². The van der Waals surface area contributed by atoms with Gasteiger partial charge in [0.1, 0.15) is 5.82 Å². The molecule has 0 unspecified atom stereocenters. The Bertz CT molecular complexity index is 1050. The molecule has 5 heteroatoms. The van der Waals surface area contributed by atoms with Crippen LogP contribution in [0.3, 0.4) is 0 Å². The fourth-order valence-electron chi connectivity index (χ4n) is 6.54. The van der Waals surface area contributed by atoms with Crippen LogP contribution in [-0.2, 0) is 6.42 Å². The summed E-state index contributed by atoms with van der Waals surface area (Å²) in [6.07, 6.45) is 1.96. The quantitative estimate of drug-likeness (QED) is 0.593. The van der Waals surface area contributed by atoms with E-state index in [9.17, 15) is 9.90 Å². The second-order valence-corrected chi connectivity index (χ2v) is 11.3. The highest BCUT2D eigenvalue weighted by molar-refractivity contribution is 5.70. The molecule has 2 aromatic rings. The van der Waals surface area contributed by atoms with Crippen LogP contribution in [0.5, 0.6) is 0 Å². The molecule has 3 saturated heterocycles. The molecule has 1 aliphatic carbocycles. The molecule has 0 aromatic heterocycles. The molecule has 0 spiro atoms. The predicted molar refractivity (Wildman–Crippen MR) is 129 cm³/mol. The van der Waals surface area contributed by atoms with Crippen molar-refractivity contribution in [1.29, 1.82) is 0 Å². The zero-order chi connectivity index (χ0) is 23.5. The number of rotatable bonds is 4. The monoisotopic (exact) mass is 450 g/mol. The van der Waals surface area contributed by atoms with Gasteiger partial charge in [-0.2, -0.15) is 0 Å². The molecule has 33 heavy (non-hydrogen) atoms. The highest BCUT2D eigenvalue weighted by Crippen LogP contribution is 2.52. The molecule has 1 N–H and O–H groups in total. The third kappa shape index (κ3) is 3.84. The van der Waals surface area contributed by atoms with Crippen LogP contribution in [0, 0.1) is 17.2 Å². The van der Waals surface area contributed by atoms with Gasteiger partial charge >= 0.3 is 6.09 Å². The van der Waals surface area contributed by atoms with Gasteiger partial charge < -0.3 is 10.0 Å². The average Bonchev–Trinajstić information content (AvgIpc) is 3.03. The molecule has 1 amide bonds. The highest BCUT2D eigenvalue weighted by atomic mass is 19.1. The van der Waals surface area contributed by atoms with E-state index in [1.54, 1.807) is 11.0 Å². The number of hydrogen-bond acceptors (Lipinski definition) is 2. The molecule has 2 atom stereocenters. The maximum absolute atomic E-state index is 15.5. The number of piperidine rings is 3. The topological polar surface area (TPSA) is 43.8 Å². The van der Waals surface area contributed by atoms with Gasteiger partial charge in [0.15, 0.2) is 0 Å². The first kappa shape index (κ1) is 22.4. The summed E-state index contributed by atoms with van der Waals surface area (Å²) in [6.45, 7) is 11.5. The van der Waals surface area contributed by atoms with Gasteiger partial charge in [0.2, 0.25) is 0 Å². The van der Waals surface area contributed by atoms with Crippen LogP contribution in [0.2, 0.25) is 0 Å².